The third-order valence-corrected chi connectivity index (χ3v) is 12.1. The predicted octanol–water partition coefficient (Wildman–Crippen LogP) is 13.6. The molecule has 0 fully saturated rings. The zero-order chi connectivity index (χ0) is 45.1. The summed E-state index contributed by atoms with van der Waals surface area (Å²) in [6.45, 7) is 0. The van der Waals surface area contributed by atoms with Gasteiger partial charge in [-0.2, -0.15) is 4.57 Å². The Bertz CT molecular complexity index is 2930. The number of phosphoric ester groups is 1. The minimum atomic E-state index is -5.17. The van der Waals surface area contributed by atoms with Crippen molar-refractivity contribution in [2.45, 2.75) is 0 Å². The zero-order valence-electron chi connectivity index (χ0n) is 34.3. The van der Waals surface area contributed by atoms with Crippen LogP contribution in [0.5, 0.6) is 51.7 Å². The molecule has 320 valence electrons. The van der Waals surface area contributed by atoms with Crippen LogP contribution in [0.15, 0.2) is 200 Å². The molecule has 0 aliphatic carbocycles. The molecule has 0 aliphatic heterocycles. The van der Waals surface area contributed by atoms with Gasteiger partial charge in [0.25, 0.3) is 0 Å². The summed E-state index contributed by atoms with van der Waals surface area (Å²) < 4.78 is 36.2. The van der Waals surface area contributed by atoms with E-state index in [1.165, 1.54) is 54.6 Å². The van der Waals surface area contributed by atoms with Crippen molar-refractivity contribution in [1.82, 2.24) is 0 Å². The third-order valence-electron chi connectivity index (χ3n) is 10.8. The van der Waals surface area contributed by atoms with Crippen molar-refractivity contribution in [3.8, 4) is 119 Å². The van der Waals surface area contributed by atoms with E-state index in [2.05, 4.69) is 0 Å². The molecule has 10 nitrogen and oxygen atoms in total. The summed E-state index contributed by atoms with van der Waals surface area (Å²) in [7, 11) is -5.17. The lowest BCUT2D eigenvalue weighted by atomic mass is 9.93. The number of benzene rings is 9. The first-order valence-electron chi connectivity index (χ1n) is 20.4. The number of phenolic OH excluding ortho intramolecular Hbond substituents is 6. The van der Waals surface area contributed by atoms with Crippen LogP contribution in [-0.2, 0) is 4.57 Å². The summed E-state index contributed by atoms with van der Waals surface area (Å²) in [5, 5.41) is 67.5. The molecule has 65 heavy (non-hydrogen) atoms. The monoisotopic (exact) mass is 878 g/mol. The maximum atomic E-state index is 16.3. The van der Waals surface area contributed by atoms with Crippen molar-refractivity contribution < 1.29 is 48.8 Å². The first-order chi connectivity index (χ1) is 31.6. The molecule has 0 saturated carbocycles. The number of para-hydroxylation sites is 6. The van der Waals surface area contributed by atoms with E-state index in [-0.39, 0.29) is 85.1 Å². The second kappa shape index (κ2) is 17.6. The van der Waals surface area contributed by atoms with E-state index >= 15 is 4.57 Å². The number of rotatable bonds is 12. The second-order valence-corrected chi connectivity index (χ2v) is 16.3. The lowest BCUT2D eigenvalue weighted by Crippen LogP contribution is -2.10. The second-order valence-electron chi connectivity index (χ2n) is 14.9. The molecule has 0 heterocycles. The smallest absolute Gasteiger partial charge is 0.507 e. The van der Waals surface area contributed by atoms with Crippen LogP contribution in [0.2, 0.25) is 0 Å². The molecule has 9 rings (SSSR count). The van der Waals surface area contributed by atoms with Crippen LogP contribution in [0, 0.1) is 0 Å². The molecule has 0 unspecified atom stereocenters. The quantitative estimate of drug-likeness (QED) is 0.0650. The highest BCUT2D eigenvalue weighted by Gasteiger charge is 2.38. The molecule has 0 radical (unpaired) electrons. The minimum Gasteiger partial charge on any atom is -0.507 e. The zero-order valence-corrected chi connectivity index (χ0v) is 35.2. The highest BCUT2D eigenvalue weighted by atomic mass is 31.2. The first kappa shape index (κ1) is 41.7. The van der Waals surface area contributed by atoms with E-state index in [0.29, 0.717) is 33.4 Å². The molecular formula is C54H39O10P. The SMILES string of the molecule is O=P(Oc1cccc(-c2ccccc2O)c1-c1ccccc1O)(Oc1cccc(-c2ccccc2O)c1-c1ccccc1O)Oc1cccc(-c2ccccc2O)c1-c1ccccc1O. The average Bonchev–Trinajstić information content (AvgIpc) is 3.30. The topological polar surface area (TPSA) is 166 Å². The summed E-state index contributed by atoms with van der Waals surface area (Å²) in [6.07, 6.45) is 0. The minimum absolute atomic E-state index is 0.0708. The fraction of sp³-hybridized carbons (Fsp3) is 0. The fourth-order valence-corrected chi connectivity index (χ4v) is 9.20. The van der Waals surface area contributed by atoms with Gasteiger partial charge in [-0.1, -0.05) is 146 Å². The van der Waals surface area contributed by atoms with Crippen LogP contribution < -0.4 is 13.6 Å². The Morgan fingerprint density at radius 1 is 0.246 bits per heavy atom. The Labute approximate surface area is 374 Å². The molecule has 0 saturated heterocycles. The fourth-order valence-electron chi connectivity index (χ4n) is 7.90. The number of phenols is 6. The lowest BCUT2D eigenvalue weighted by molar-refractivity contribution is 0.299. The molecule has 0 atom stereocenters. The number of aromatic hydroxyl groups is 6. The molecule has 9 aromatic rings. The van der Waals surface area contributed by atoms with Gasteiger partial charge in [0.2, 0.25) is 0 Å². The van der Waals surface area contributed by atoms with Crippen molar-refractivity contribution in [2.24, 2.45) is 0 Å². The van der Waals surface area contributed by atoms with Gasteiger partial charge in [-0.15, -0.1) is 0 Å². The maximum Gasteiger partial charge on any atom is 0.647 e. The van der Waals surface area contributed by atoms with Gasteiger partial charge < -0.3 is 44.2 Å². The Kier molecular flexibility index (Phi) is 11.3. The van der Waals surface area contributed by atoms with Gasteiger partial charge in [-0.05, 0) is 71.3 Å². The van der Waals surface area contributed by atoms with E-state index in [9.17, 15) is 30.6 Å². The summed E-state index contributed by atoms with van der Waals surface area (Å²) in [4.78, 5) is 0. The first-order valence-corrected chi connectivity index (χ1v) is 21.8. The summed E-state index contributed by atoms with van der Waals surface area (Å²) in [6, 6.07) is 53.9. The summed E-state index contributed by atoms with van der Waals surface area (Å²) >= 11 is 0. The van der Waals surface area contributed by atoms with E-state index in [4.69, 9.17) is 13.6 Å². The van der Waals surface area contributed by atoms with Crippen molar-refractivity contribution in [2.75, 3.05) is 0 Å². The summed E-state index contributed by atoms with van der Waals surface area (Å²) in [5.74, 6) is -0.910. The molecule has 6 N–H and O–H groups in total. The van der Waals surface area contributed by atoms with Gasteiger partial charge >= 0.3 is 7.82 Å². The molecule has 0 aliphatic rings. The van der Waals surface area contributed by atoms with Gasteiger partial charge in [0.15, 0.2) is 0 Å². The average molecular weight is 879 g/mol. The highest BCUT2D eigenvalue weighted by Crippen LogP contribution is 2.59. The third kappa shape index (κ3) is 8.25. The molecule has 11 heteroatoms. The van der Waals surface area contributed by atoms with Crippen LogP contribution in [0.1, 0.15) is 0 Å². The van der Waals surface area contributed by atoms with Crippen molar-refractivity contribution in [3.63, 3.8) is 0 Å². The van der Waals surface area contributed by atoms with Crippen LogP contribution in [0.4, 0.5) is 0 Å². The standard InChI is InChI=1S/C54H39O10P/c55-43-25-7-1-16-34(43)37-22-13-31-49(52(37)40-19-4-10-28-46(40)58)62-65(61,63-50-32-14-23-38(35-17-2-8-26-44(35)56)53(50)41-20-5-11-29-47(41)59)64-51-33-15-24-39(36-18-3-9-27-45(36)57)54(51)42-21-6-12-30-48(42)60/h1-33,55-60H. The van der Waals surface area contributed by atoms with Crippen molar-refractivity contribution in [3.05, 3.63) is 200 Å². The molecule has 0 spiro atoms. The highest BCUT2D eigenvalue weighted by molar-refractivity contribution is 7.49. The molecule has 0 aromatic heterocycles. The summed E-state index contributed by atoms with van der Waals surface area (Å²) in [5.41, 5.74) is 3.82. The van der Waals surface area contributed by atoms with E-state index < -0.39 is 7.82 Å². The number of phosphoric acid groups is 1. The lowest BCUT2D eigenvalue weighted by Gasteiger charge is -2.26. The molecule has 0 amide bonds. The Balaban J connectivity index is 1.31. The van der Waals surface area contributed by atoms with Gasteiger partial charge in [-0.3, -0.25) is 0 Å². The van der Waals surface area contributed by atoms with Crippen molar-refractivity contribution >= 4 is 7.82 Å². The van der Waals surface area contributed by atoms with Crippen LogP contribution in [-0.4, -0.2) is 30.6 Å². The van der Waals surface area contributed by atoms with Crippen LogP contribution in [0.3, 0.4) is 0 Å². The Morgan fingerprint density at radius 3 is 0.677 bits per heavy atom. The van der Waals surface area contributed by atoms with Crippen LogP contribution in [0.25, 0.3) is 66.8 Å². The van der Waals surface area contributed by atoms with Gasteiger partial charge in [0.1, 0.15) is 51.7 Å². The largest absolute Gasteiger partial charge is 0.647 e. The van der Waals surface area contributed by atoms with Gasteiger partial charge in [0, 0.05) is 50.1 Å². The number of hydrogen-bond acceptors (Lipinski definition) is 10. The molecule has 9 aromatic carbocycles. The van der Waals surface area contributed by atoms with Crippen molar-refractivity contribution in [1.29, 1.82) is 0 Å². The maximum absolute atomic E-state index is 16.3. The Hall–Kier alpha value is -8.59. The predicted molar refractivity (Wildman–Crippen MR) is 251 cm³/mol. The molecule has 0 bridgehead atoms. The van der Waals surface area contributed by atoms with E-state index in [0.717, 1.165) is 0 Å². The van der Waals surface area contributed by atoms with Gasteiger partial charge in [-0.25, -0.2) is 0 Å². The Morgan fingerprint density at radius 2 is 0.446 bits per heavy atom. The van der Waals surface area contributed by atoms with E-state index in [1.54, 1.807) is 146 Å². The normalized spacial score (nSPS) is 11.2. The number of hydrogen-bond donors (Lipinski definition) is 6. The van der Waals surface area contributed by atoms with Crippen LogP contribution >= 0.6 is 7.82 Å². The molecular weight excluding hydrogens is 840 g/mol. The van der Waals surface area contributed by atoms with Gasteiger partial charge in [0.05, 0.1) is 0 Å². The van der Waals surface area contributed by atoms with E-state index in [1.807, 2.05) is 0 Å².